The van der Waals surface area contributed by atoms with Crippen molar-refractivity contribution < 1.29 is 4.42 Å². The molecule has 4 heterocycles. The van der Waals surface area contributed by atoms with Crippen molar-refractivity contribution in [1.82, 2.24) is 30.6 Å². The molecule has 4 aromatic rings. The predicted molar refractivity (Wildman–Crippen MR) is 87.3 cm³/mol. The Bertz CT molecular complexity index is 1120. The summed E-state index contributed by atoms with van der Waals surface area (Å²) >= 11 is 0. The summed E-state index contributed by atoms with van der Waals surface area (Å²) in [5.74, 6) is 0.650. The van der Waals surface area contributed by atoms with E-state index in [1.54, 1.807) is 18.3 Å². The number of anilines is 1. The molecule has 4 rings (SSSR count). The molecule has 0 aromatic carbocycles. The quantitative estimate of drug-likeness (QED) is 0.531. The number of hydrogen-bond donors (Lipinski definition) is 2. The van der Waals surface area contributed by atoms with Crippen molar-refractivity contribution >= 4 is 28.0 Å². The molecule has 0 spiro atoms. The van der Waals surface area contributed by atoms with Gasteiger partial charge in [-0.2, -0.15) is 10.2 Å². The van der Waals surface area contributed by atoms with Crippen LogP contribution in [0.3, 0.4) is 0 Å². The number of nitrogens with zero attached hydrogens (tertiary/aromatic N) is 5. The van der Waals surface area contributed by atoms with Gasteiger partial charge in [-0.05, 0) is 28.8 Å². The molecule has 24 heavy (non-hydrogen) atoms. The van der Waals surface area contributed by atoms with Crippen molar-refractivity contribution in [1.29, 1.82) is 0 Å². The zero-order chi connectivity index (χ0) is 16.8. The molecule has 0 fully saturated rings. The van der Waals surface area contributed by atoms with Gasteiger partial charge in [-0.15, -0.1) is 10.2 Å². The Morgan fingerprint density at radius 2 is 2.00 bits per heavy atom. The maximum atomic E-state index is 12.9. The molecule has 0 bridgehead atoms. The number of tetrazole rings is 1. The molecule has 0 atom stereocenters. The Morgan fingerprint density at radius 1 is 1.21 bits per heavy atom. The van der Waals surface area contributed by atoms with Gasteiger partial charge in [0.2, 0.25) is 22.7 Å². The van der Waals surface area contributed by atoms with E-state index in [-0.39, 0.29) is 34.4 Å². The third-order valence-electron chi connectivity index (χ3n) is 3.82. The highest BCUT2D eigenvalue weighted by Crippen LogP contribution is 2.26. The van der Waals surface area contributed by atoms with Crippen LogP contribution >= 0.6 is 0 Å². The van der Waals surface area contributed by atoms with E-state index in [2.05, 4.69) is 30.6 Å². The first-order chi connectivity index (χ1) is 11.5. The lowest BCUT2D eigenvalue weighted by Crippen LogP contribution is -2.07. The topological polar surface area (TPSA) is 136 Å². The number of aromatic amines is 1. The normalized spacial score (nSPS) is 11.6. The minimum Gasteiger partial charge on any atom is -0.419 e. The van der Waals surface area contributed by atoms with Crippen LogP contribution in [0.5, 0.6) is 0 Å². The molecular formula is C15H13N7O2. The average molecular weight is 323 g/mol. The lowest BCUT2D eigenvalue weighted by molar-refractivity contribution is 0.630. The second-order valence-electron chi connectivity index (χ2n) is 5.72. The van der Waals surface area contributed by atoms with Crippen LogP contribution in [0.15, 0.2) is 27.5 Å². The fourth-order valence-corrected chi connectivity index (χ4v) is 2.47. The summed E-state index contributed by atoms with van der Waals surface area (Å²) in [7, 11) is 0. The van der Waals surface area contributed by atoms with Crippen molar-refractivity contribution in [3.63, 3.8) is 0 Å². The summed E-state index contributed by atoms with van der Waals surface area (Å²) in [5, 5.41) is 14.3. The monoisotopic (exact) mass is 323 g/mol. The van der Waals surface area contributed by atoms with E-state index in [0.717, 1.165) is 5.56 Å². The summed E-state index contributed by atoms with van der Waals surface area (Å²) in [5.41, 5.74) is 7.42. The van der Waals surface area contributed by atoms with Crippen LogP contribution in [-0.2, 0) is 0 Å². The van der Waals surface area contributed by atoms with Crippen LogP contribution in [0.2, 0.25) is 0 Å². The molecule has 0 unspecified atom stereocenters. The third-order valence-corrected chi connectivity index (χ3v) is 3.82. The van der Waals surface area contributed by atoms with Crippen LogP contribution in [0.25, 0.3) is 33.6 Å². The van der Waals surface area contributed by atoms with Gasteiger partial charge in [-0.3, -0.25) is 4.79 Å². The Hall–Kier alpha value is -3.36. The van der Waals surface area contributed by atoms with Gasteiger partial charge in [-0.25, -0.2) is 4.98 Å². The van der Waals surface area contributed by atoms with Crippen LogP contribution < -0.4 is 11.2 Å². The second kappa shape index (κ2) is 5.08. The van der Waals surface area contributed by atoms with Crippen LogP contribution in [0.4, 0.5) is 5.82 Å². The molecule has 0 radical (unpaired) electrons. The summed E-state index contributed by atoms with van der Waals surface area (Å²) in [6.45, 7) is 4.06. The van der Waals surface area contributed by atoms with E-state index in [0.29, 0.717) is 16.3 Å². The Morgan fingerprint density at radius 3 is 2.71 bits per heavy atom. The van der Waals surface area contributed by atoms with E-state index in [4.69, 9.17) is 10.2 Å². The van der Waals surface area contributed by atoms with Gasteiger partial charge in [0.15, 0.2) is 0 Å². The number of nitrogens with two attached hydrogens (primary N) is 1. The summed E-state index contributed by atoms with van der Waals surface area (Å²) < 4.78 is 5.65. The number of fused-ring (bicyclic) bond motifs is 2. The molecule has 0 saturated heterocycles. The fraction of sp³-hybridized carbons (Fsp3) is 0.200. The molecule has 0 aliphatic heterocycles. The Balaban J connectivity index is 2.06. The maximum absolute atomic E-state index is 12.9. The standard InChI is InChI=1S/C15H13N7O2/c1-6(2)7-3-8-11(23)9-4-10(13-19-21-22-20-13)12(16)18-15(9)24-14(8)17-5-7/h3-6H,1-2H3,(H2,16,18)(H,19,20,21,22). The summed E-state index contributed by atoms with van der Waals surface area (Å²) in [4.78, 5) is 21.2. The maximum Gasteiger partial charge on any atom is 0.234 e. The van der Waals surface area contributed by atoms with Crippen molar-refractivity contribution in [3.8, 4) is 11.4 Å². The lowest BCUT2D eigenvalue weighted by atomic mass is 10.0. The zero-order valence-corrected chi connectivity index (χ0v) is 12.9. The molecule has 120 valence electrons. The number of H-pyrrole nitrogens is 1. The fourth-order valence-electron chi connectivity index (χ4n) is 2.47. The van der Waals surface area contributed by atoms with Gasteiger partial charge in [-0.1, -0.05) is 13.8 Å². The van der Waals surface area contributed by atoms with Gasteiger partial charge in [0, 0.05) is 6.20 Å². The summed E-state index contributed by atoms with van der Waals surface area (Å²) in [6.07, 6.45) is 1.69. The zero-order valence-electron chi connectivity index (χ0n) is 12.9. The van der Waals surface area contributed by atoms with Crippen molar-refractivity contribution in [2.24, 2.45) is 0 Å². The SMILES string of the molecule is CC(C)c1cnc2oc3nc(N)c(-c4nn[nH]n4)cc3c(=O)c2c1. The number of nitrogen functional groups attached to an aromatic ring is 1. The summed E-state index contributed by atoms with van der Waals surface area (Å²) in [6, 6.07) is 3.36. The van der Waals surface area contributed by atoms with E-state index in [1.807, 2.05) is 13.8 Å². The number of hydrogen-bond acceptors (Lipinski definition) is 8. The van der Waals surface area contributed by atoms with Gasteiger partial charge in [0.1, 0.15) is 5.82 Å². The van der Waals surface area contributed by atoms with Crippen LogP contribution in [0.1, 0.15) is 25.3 Å². The smallest absolute Gasteiger partial charge is 0.234 e. The minimum atomic E-state index is -0.224. The number of nitrogens with one attached hydrogen (secondary N) is 1. The molecule has 0 saturated carbocycles. The lowest BCUT2D eigenvalue weighted by Gasteiger charge is -2.07. The predicted octanol–water partition coefficient (Wildman–Crippen LogP) is 1.62. The number of rotatable bonds is 2. The third kappa shape index (κ3) is 2.09. The molecule has 9 nitrogen and oxygen atoms in total. The molecule has 0 amide bonds. The molecule has 4 aromatic heterocycles. The largest absolute Gasteiger partial charge is 0.419 e. The molecule has 3 N–H and O–H groups in total. The highest BCUT2D eigenvalue weighted by Gasteiger charge is 2.16. The number of aromatic nitrogens is 6. The van der Waals surface area contributed by atoms with E-state index in [1.165, 1.54) is 0 Å². The first-order valence-electron chi connectivity index (χ1n) is 7.31. The van der Waals surface area contributed by atoms with E-state index >= 15 is 0 Å². The van der Waals surface area contributed by atoms with E-state index in [9.17, 15) is 4.79 Å². The second-order valence-corrected chi connectivity index (χ2v) is 5.72. The Labute approximate surface area is 134 Å². The number of pyridine rings is 2. The van der Waals surface area contributed by atoms with Gasteiger partial charge in [0.05, 0.1) is 16.3 Å². The van der Waals surface area contributed by atoms with Gasteiger partial charge in [0.25, 0.3) is 0 Å². The molecular weight excluding hydrogens is 310 g/mol. The first kappa shape index (κ1) is 14.2. The van der Waals surface area contributed by atoms with Gasteiger partial charge < -0.3 is 10.2 Å². The van der Waals surface area contributed by atoms with Crippen LogP contribution in [0, 0.1) is 0 Å². The minimum absolute atomic E-state index is 0.127. The first-order valence-corrected chi connectivity index (χ1v) is 7.31. The van der Waals surface area contributed by atoms with Crippen LogP contribution in [-0.4, -0.2) is 30.6 Å². The Kier molecular flexibility index (Phi) is 3.02. The van der Waals surface area contributed by atoms with E-state index < -0.39 is 0 Å². The van der Waals surface area contributed by atoms with Crippen molar-refractivity contribution in [2.75, 3.05) is 5.73 Å². The highest BCUT2D eigenvalue weighted by molar-refractivity contribution is 5.90. The van der Waals surface area contributed by atoms with Crippen molar-refractivity contribution in [2.45, 2.75) is 19.8 Å². The molecule has 9 heteroatoms. The molecule has 0 aliphatic rings. The molecule has 0 aliphatic carbocycles. The average Bonchev–Trinajstić information content (AvgIpc) is 3.08. The van der Waals surface area contributed by atoms with Gasteiger partial charge >= 0.3 is 0 Å². The highest BCUT2D eigenvalue weighted by atomic mass is 16.3. The van der Waals surface area contributed by atoms with Crippen molar-refractivity contribution in [3.05, 3.63) is 34.1 Å².